The van der Waals surface area contributed by atoms with E-state index in [1.807, 2.05) is 0 Å². The van der Waals surface area contributed by atoms with Gasteiger partial charge in [0.1, 0.15) is 5.60 Å². The highest BCUT2D eigenvalue weighted by Crippen LogP contribution is 2.38. The van der Waals surface area contributed by atoms with Crippen LogP contribution in [-0.4, -0.2) is 29.0 Å². The number of benzene rings is 3. The van der Waals surface area contributed by atoms with Crippen LogP contribution in [0.25, 0.3) is 0 Å². The van der Waals surface area contributed by atoms with Crippen LogP contribution in [0.5, 0.6) is 0 Å². The van der Waals surface area contributed by atoms with Crippen LogP contribution in [0.3, 0.4) is 0 Å². The van der Waals surface area contributed by atoms with Crippen molar-refractivity contribution in [3.63, 3.8) is 0 Å². The molecule has 3 aromatic rings. The van der Waals surface area contributed by atoms with Gasteiger partial charge in [-0.15, -0.1) is 11.6 Å². The number of halogens is 1. The minimum atomic E-state index is -0.263. The average Bonchev–Trinajstić information content (AvgIpc) is 3.55. The molecular formula is C25H26ClNO. The first-order valence-corrected chi connectivity index (χ1v) is 10.4. The molecule has 28 heavy (non-hydrogen) atoms. The highest BCUT2D eigenvalue weighted by atomic mass is 35.5. The molecule has 1 aliphatic rings. The number of alkyl halides is 1. The minimum Gasteiger partial charge on any atom is -0.367 e. The van der Waals surface area contributed by atoms with E-state index in [4.69, 9.17) is 16.3 Å². The maximum Gasteiger partial charge on any atom is 0.121 e. The topological polar surface area (TPSA) is 15.8 Å². The lowest BCUT2D eigenvalue weighted by molar-refractivity contribution is 0.103. The van der Waals surface area contributed by atoms with Crippen LogP contribution in [0.2, 0.25) is 0 Å². The molecule has 0 spiro atoms. The van der Waals surface area contributed by atoms with Gasteiger partial charge in [-0.2, -0.15) is 0 Å². The van der Waals surface area contributed by atoms with Crippen LogP contribution in [0, 0.1) is 0 Å². The zero-order chi connectivity index (χ0) is 19.2. The number of hydrogen-bond acceptors (Lipinski definition) is 2. The van der Waals surface area contributed by atoms with E-state index < -0.39 is 0 Å². The summed E-state index contributed by atoms with van der Waals surface area (Å²) in [6, 6.07) is 32.2. The Bertz CT molecular complexity index is 808. The lowest BCUT2D eigenvalue weighted by atomic mass is 9.92. The Morgan fingerprint density at radius 2 is 1.18 bits per heavy atom. The molecule has 1 saturated heterocycles. The molecule has 1 aliphatic heterocycles. The summed E-state index contributed by atoms with van der Waals surface area (Å²) >= 11 is 6.42. The number of ether oxygens (including phenoxy) is 1. The second-order valence-corrected chi connectivity index (χ2v) is 7.84. The Balaban J connectivity index is 1.65. The van der Waals surface area contributed by atoms with Gasteiger partial charge in [-0.1, -0.05) is 91.0 Å². The zero-order valence-corrected chi connectivity index (χ0v) is 16.8. The average molecular weight is 392 g/mol. The van der Waals surface area contributed by atoms with Crippen molar-refractivity contribution in [2.24, 2.45) is 0 Å². The SMILES string of the molecule is ClC[C@]1([C@H](Cc2ccccc2)N(Cc2ccccc2)Cc2ccccc2)CO1. The van der Waals surface area contributed by atoms with E-state index in [2.05, 4.69) is 95.9 Å². The van der Waals surface area contributed by atoms with Crippen LogP contribution >= 0.6 is 11.6 Å². The Morgan fingerprint density at radius 1 is 0.750 bits per heavy atom. The monoisotopic (exact) mass is 391 g/mol. The molecule has 3 heteroatoms. The summed E-state index contributed by atoms with van der Waals surface area (Å²) < 4.78 is 5.96. The number of hydrogen-bond donors (Lipinski definition) is 0. The molecule has 3 aromatic carbocycles. The summed E-state index contributed by atoms with van der Waals surface area (Å²) in [5, 5.41) is 0. The highest BCUT2D eigenvalue weighted by molar-refractivity contribution is 6.18. The molecule has 0 aromatic heterocycles. The summed E-state index contributed by atoms with van der Waals surface area (Å²) in [6.07, 6.45) is 0.924. The van der Waals surface area contributed by atoms with Gasteiger partial charge in [-0.3, -0.25) is 4.90 Å². The molecule has 0 bridgehead atoms. The van der Waals surface area contributed by atoms with Gasteiger partial charge in [0.2, 0.25) is 0 Å². The van der Waals surface area contributed by atoms with Crippen LogP contribution in [0.4, 0.5) is 0 Å². The smallest absolute Gasteiger partial charge is 0.121 e. The standard InChI is InChI=1S/C25H26ClNO/c26-19-25(20-28-25)24(16-21-10-4-1-5-11-21)27(17-22-12-6-2-7-13-22)18-23-14-8-3-9-15-23/h1-15,24H,16-20H2/t24-,25+/m0/s1. The van der Waals surface area contributed by atoms with Crippen molar-refractivity contribution in [3.8, 4) is 0 Å². The molecule has 144 valence electrons. The van der Waals surface area contributed by atoms with E-state index in [0.717, 1.165) is 26.1 Å². The largest absolute Gasteiger partial charge is 0.367 e. The third kappa shape index (κ3) is 4.64. The molecule has 4 rings (SSSR count). The summed E-state index contributed by atoms with van der Waals surface area (Å²) in [5.74, 6) is 0.518. The van der Waals surface area contributed by atoms with Crippen LogP contribution in [0.1, 0.15) is 16.7 Å². The first-order chi connectivity index (χ1) is 13.8. The second kappa shape index (κ2) is 8.91. The summed E-state index contributed by atoms with van der Waals surface area (Å²) in [4.78, 5) is 2.53. The predicted octanol–water partition coefficient (Wildman–Crippen LogP) is 5.31. The fraction of sp³-hybridized carbons (Fsp3) is 0.280. The fourth-order valence-corrected chi connectivity index (χ4v) is 4.18. The van der Waals surface area contributed by atoms with Crippen molar-refractivity contribution in [3.05, 3.63) is 108 Å². The Morgan fingerprint density at radius 3 is 1.57 bits per heavy atom. The van der Waals surface area contributed by atoms with Gasteiger partial charge >= 0.3 is 0 Å². The molecule has 1 heterocycles. The molecule has 0 saturated carbocycles. The number of epoxide rings is 1. The maximum atomic E-state index is 6.42. The summed E-state index contributed by atoms with van der Waals surface area (Å²) in [7, 11) is 0. The number of nitrogens with zero attached hydrogens (tertiary/aromatic N) is 1. The van der Waals surface area contributed by atoms with Crippen molar-refractivity contribution in [2.45, 2.75) is 31.2 Å². The van der Waals surface area contributed by atoms with Gasteiger partial charge in [-0.25, -0.2) is 0 Å². The van der Waals surface area contributed by atoms with Crippen molar-refractivity contribution in [1.82, 2.24) is 4.90 Å². The Labute approximate surface area is 172 Å². The molecule has 0 amide bonds. The van der Waals surface area contributed by atoms with Gasteiger partial charge in [-0.05, 0) is 23.1 Å². The third-order valence-corrected chi connectivity index (χ3v) is 5.97. The lowest BCUT2D eigenvalue weighted by Gasteiger charge is -2.35. The molecular weight excluding hydrogens is 366 g/mol. The minimum absolute atomic E-state index is 0.216. The molecule has 2 nitrogen and oxygen atoms in total. The van der Waals surface area contributed by atoms with Gasteiger partial charge in [0, 0.05) is 19.1 Å². The van der Waals surface area contributed by atoms with Gasteiger partial charge in [0.25, 0.3) is 0 Å². The van der Waals surface area contributed by atoms with E-state index in [1.165, 1.54) is 16.7 Å². The molecule has 0 radical (unpaired) electrons. The van der Waals surface area contributed by atoms with E-state index in [-0.39, 0.29) is 11.6 Å². The van der Waals surface area contributed by atoms with Crippen molar-refractivity contribution in [2.75, 3.05) is 12.5 Å². The molecule has 0 unspecified atom stereocenters. The van der Waals surface area contributed by atoms with Gasteiger partial charge in [0.15, 0.2) is 0 Å². The van der Waals surface area contributed by atoms with E-state index >= 15 is 0 Å². The third-order valence-electron chi connectivity index (χ3n) is 5.52. The lowest BCUT2D eigenvalue weighted by Crippen LogP contribution is -2.47. The predicted molar refractivity (Wildman–Crippen MR) is 115 cm³/mol. The normalized spacial score (nSPS) is 19.5. The van der Waals surface area contributed by atoms with Gasteiger partial charge < -0.3 is 4.74 Å². The first kappa shape index (κ1) is 19.2. The maximum absolute atomic E-state index is 6.42. The first-order valence-electron chi connectivity index (χ1n) is 9.85. The van der Waals surface area contributed by atoms with Crippen LogP contribution < -0.4 is 0 Å². The quantitative estimate of drug-likeness (QED) is 0.363. The summed E-state index contributed by atoms with van der Waals surface area (Å²) in [6.45, 7) is 2.47. The number of rotatable bonds is 9. The van der Waals surface area contributed by atoms with Gasteiger partial charge in [0.05, 0.1) is 12.5 Å². The van der Waals surface area contributed by atoms with Crippen LogP contribution in [0.15, 0.2) is 91.0 Å². The zero-order valence-electron chi connectivity index (χ0n) is 16.0. The van der Waals surface area contributed by atoms with Crippen LogP contribution in [-0.2, 0) is 24.2 Å². The van der Waals surface area contributed by atoms with E-state index in [1.54, 1.807) is 0 Å². The van der Waals surface area contributed by atoms with Crippen molar-refractivity contribution >= 4 is 11.6 Å². The Kier molecular flexibility index (Phi) is 6.11. The molecule has 0 N–H and O–H groups in total. The van der Waals surface area contributed by atoms with Crippen molar-refractivity contribution < 1.29 is 4.74 Å². The molecule has 2 atom stereocenters. The van der Waals surface area contributed by atoms with Crippen molar-refractivity contribution in [1.29, 1.82) is 0 Å². The van der Waals surface area contributed by atoms with E-state index in [0.29, 0.717) is 5.88 Å². The summed E-state index contributed by atoms with van der Waals surface area (Å²) in [5.41, 5.74) is 3.67. The van der Waals surface area contributed by atoms with E-state index in [9.17, 15) is 0 Å². The highest BCUT2D eigenvalue weighted by Gasteiger charge is 2.53. The Hall–Kier alpha value is -2.13. The molecule has 0 aliphatic carbocycles. The molecule has 1 fully saturated rings. The second-order valence-electron chi connectivity index (χ2n) is 7.57. The fourth-order valence-electron chi connectivity index (χ4n) is 3.85.